The number of alkyl halides is 3. The third-order valence-electron chi connectivity index (χ3n) is 2.97. The number of carbonyl (C=O) groups excluding carboxylic acids is 2. The fourth-order valence-electron chi connectivity index (χ4n) is 1.92. The summed E-state index contributed by atoms with van der Waals surface area (Å²) in [4.78, 5) is 24.3. The molecule has 2 rings (SSSR count). The Kier molecular flexibility index (Phi) is 2.80. The molecule has 0 unspecified atom stereocenters. The molecule has 1 aromatic rings. The third-order valence-corrected chi connectivity index (χ3v) is 2.97. The zero-order chi connectivity index (χ0) is 14.4. The molecule has 0 saturated carbocycles. The third kappa shape index (κ3) is 2.16. The van der Waals surface area contributed by atoms with E-state index in [-0.39, 0.29) is 5.69 Å². The molecular weight excluding hydrogens is 261 g/mol. The van der Waals surface area contributed by atoms with Crippen LogP contribution < -0.4 is 10.2 Å². The number of hydrogen-bond acceptors (Lipinski definition) is 2. The van der Waals surface area contributed by atoms with Crippen molar-refractivity contribution >= 4 is 17.6 Å². The molecule has 102 valence electrons. The minimum Gasteiger partial charge on any atom is -0.279 e. The Hall–Kier alpha value is -2.05. The van der Waals surface area contributed by atoms with Gasteiger partial charge in [0.25, 0.3) is 5.91 Å². The Balaban J connectivity index is 2.48. The standard InChI is InChI=1S/C12H11F3N2O2/c1-11(2)9(18)16-10(19)17(11)8-5-3-4-7(6-8)12(13,14)15/h3-6H,1-2H3,(H,16,18,19). The number of benzene rings is 1. The molecule has 4 nitrogen and oxygen atoms in total. The second-order valence-electron chi connectivity index (χ2n) is 4.70. The summed E-state index contributed by atoms with van der Waals surface area (Å²) >= 11 is 0. The molecule has 1 fully saturated rings. The van der Waals surface area contributed by atoms with Gasteiger partial charge in [0.2, 0.25) is 0 Å². The van der Waals surface area contributed by atoms with Gasteiger partial charge in [0.1, 0.15) is 5.54 Å². The molecule has 19 heavy (non-hydrogen) atoms. The van der Waals surface area contributed by atoms with E-state index < -0.39 is 29.2 Å². The summed E-state index contributed by atoms with van der Waals surface area (Å²) in [6, 6.07) is 3.58. The van der Waals surface area contributed by atoms with Gasteiger partial charge >= 0.3 is 12.2 Å². The number of carbonyl (C=O) groups is 2. The summed E-state index contributed by atoms with van der Waals surface area (Å²) in [5.74, 6) is -0.546. The first-order chi connectivity index (χ1) is 8.64. The topological polar surface area (TPSA) is 49.4 Å². The maximum Gasteiger partial charge on any atom is 0.416 e. The smallest absolute Gasteiger partial charge is 0.279 e. The second kappa shape index (κ2) is 3.97. The van der Waals surface area contributed by atoms with E-state index in [0.29, 0.717) is 0 Å². The highest BCUT2D eigenvalue weighted by molar-refractivity contribution is 6.16. The first-order valence-electron chi connectivity index (χ1n) is 5.47. The van der Waals surface area contributed by atoms with Crippen molar-refractivity contribution in [3.05, 3.63) is 29.8 Å². The lowest BCUT2D eigenvalue weighted by atomic mass is 10.0. The molecule has 3 amide bonds. The van der Waals surface area contributed by atoms with Crippen LogP contribution in [0.2, 0.25) is 0 Å². The van der Waals surface area contributed by atoms with Gasteiger partial charge in [-0.3, -0.25) is 15.0 Å². The lowest BCUT2D eigenvalue weighted by molar-refractivity contribution is -0.137. The summed E-state index contributed by atoms with van der Waals surface area (Å²) in [7, 11) is 0. The van der Waals surface area contributed by atoms with Crippen LogP contribution in [0.3, 0.4) is 0 Å². The Morgan fingerprint density at radius 3 is 2.32 bits per heavy atom. The fraction of sp³-hybridized carbons (Fsp3) is 0.333. The number of nitrogens with one attached hydrogen (secondary N) is 1. The summed E-state index contributed by atoms with van der Waals surface area (Å²) in [5.41, 5.74) is -2.06. The van der Waals surface area contributed by atoms with E-state index in [0.717, 1.165) is 17.0 Å². The molecule has 0 atom stereocenters. The van der Waals surface area contributed by atoms with Gasteiger partial charge < -0.3 is 0 Å². The molecule has 0 aliphatic carbocycles. The predicted octanol–water partition coefficient (Wildman–Crippen LogP) is 2.54. The molecule has 0 aromatic heterocycles. The molecule has 0 spiro atoms. The highest BCUT2D eigenvalue weighted by Crippen LogP contribution is 2.34. The molecule has 1 aliphatic heterocycles. The van der Waals surface area contributed by atoms with Gasteiger partial charge in [-0.2, -0.15) is 13.2 Å². The van der Waals surface area contributed by atoms with Gasteiger partial charge in [0.15, 0.2) is 0 Å². The summed E-state index contributed by atoms with van der Waals surface area (Å²) in [5, 5.41) is 2.08. The van der Waals surface area contributed by atoms with Gasteiger partial charge in [-0.05, 0) is 32.0 Å². The summed E-state index contributed by atoms with van der Waals surface area (Å²) in [6.07, 6.45) is -4.50. The molecule has 1 aromatic carbocycles. The maximum absolute atomic E-state index is 12.6. The van der Waals surface area contributed by atoms with Crippen LogP contribution in [0.4, 0.5) is 23.7 Å². The molecule has 0 bridgehead atoms. The SMILES string of the molecule is CC1(C)C(=O)NC(=O)N1c1cccc(C(F)(F)F)c1. The van der Waals surface area contributed by atoms with Crippen LogP contribution in [0.1, 0.15) is 19.4 Å². The number of amides is 3. The quantitative estimate of drug-likeness (QED) is 0.799. The van der Waals surface area contributed by atoms with Gasteiger partial charge in [-0.25, -0.2) is 4.79 Å². The molecule has 1 saturated heterocycles. The zero-order valence-corrected chi connectivity index (χ0v) is 10.2. The minimum absolute atomic E-state index is 0.0307. The average molecular weight is 272 g/mol. The maximum atomic E-state index is 12.6. The van der Waals surface area contributed by atoms with Crippen LogP contribution in [0.5, 0.6) is 0 Å². The van der Waals surface area contributed by atoms with Crippen molar-refractivity contribution in [3.63, 3.8) is 0 Å². The van der Waals surface area contributed by atoms with Crippen molar-refractivity contribution in [2.45, 2.75) is 25.6 Å². The van der Waals surface area contributed by atoms with Crippen LogP contribution in [-0.2, 0) is 11.0 Å². The van der Waals surface area contributed by atoms with Crippen LogP contribution >= 0.6 is 0 Å². The second-order valence-corrected chi connectivity index (χ2v) is 4.70. The largest absolute Gasteiger partial charge is 0.416 e. The van der Waals surface area contributed by atoms with Gasteiger partial charge in [-0.15, -0.1) is 0 Å². The van der Waals surface area contributed by atoms with Crippen LogP contribution in [0.15, 0.2) is 24.3 Å². The van der Waals surface area contributed by atoms with Gasteiger partial charge in [-0.1, -0.05) is 6.07 Å². The van der Waals surface area contributed by atoms with Crippen molar-refractivity contribution in [2.24, 2.45) is 0 Å². The van der Waals surface area contributed by atoms with E-state index in [2.05, 4.69) is 5.32 Å². The van der Waals surface area contributed by atoms with Crippen molar-refractivity contribution < 1.29 is 22.8 Å². The van der Waals surface area contributed by atoms with E-state index in [1.54, 1.807) is 0 Å². The van der Waals surface area contributed by atoms with E-state index in [4.69, 9.17) is 0 Å². The van der Waals surface area contributed by atoms with Crippen LogP contribution in [0, 0.1) is 0 Å². The van der Waals surface area contributed by atoms with Crippen LogP contribution in [-0.4, -0.2) is 17.5 Å². The summed E-state index contributed by atoms with van der Waals surface area (Å²) in [6.45, 7) is 2.93. The Labute approximate surface area is 107 Å². The monoisotopic (exact) mass is 272 g/mol. The van der Waals surface area contributed by atoms with E-state index in [1.807, 2.05) is 0 Å². The molecule has 7 heteroatoms. The lowest BCUT2D eigenvalue weighted by Crippen LogP contribution is -2.44. The number of rotatable bonds is 1. The zero-order valence-electron chi connectivity index (χ0n) is 10.2. The van der Waals surface area contributed by atoms with Crippen molar-refractivity contribution in [1.29, 1.82) is 0 Å². The summed E-state index contributed by atoms with van der Waals surface area (Å²) < 4.78 is 37.9. The van der Waals surface area contributed by atoms with Crippen molar-refractivity contribution in [2.75, 3.05) is 4.90 Å². The molecule has 1 N–H and O–H groups in total. The Morgan fingerprint density at radius 1 is 1.21 bits per heavy atom. The minimum atomic E-state index is -4.50. The van der Waals surface area contributed by atoms with Crippen molar-refractivity contribution in [3.8, 4) is 0 Å². The lowest BCUT2D eigenvalue weighted by Gasteiger charge is -2.28. The Morgan fingerprint density at radius 2 is 1.84 bits per heavy atom. The predicted molar refractivity (Wildman–Crippen MR) is 61.5 cm³/mol. The van der Waals surface area contributed by atoms with Gasteiger partial charge in [0.05, 0.1) is 5.56 Å². The fourth-order valence-corrected chi connectivity index (χ4v) is 1.92. The highest BCUT2D eigenvalue weighted by Gasteiger charge is 2.46. The highest BCUT2D eigenvalue weighted by atomic mass is 19.4. The van der Waals surface area contributed by atoms with Crippen LogP contribution in [0.25, 0.3) is 0 Å². The number of hydrogen-bond donors (Lipinski definition) is 1. The van der Waals surface area contributed by atoms with E-state index >= 15 is 0 Å². The average Bonchev–Trinajstić information content (AvgIpc) is 2.47. The molecule has 0 radical (unpaired) electrons. The number of imide groups is 1. The van der Waals surface area contributed by atoms with E-state index in [1.165, 1.54) is 26.0 Å². The number of urea groups is 1. The van der Waals surface area contributed by atoms with E-state index in [9.17, 15) is 22.8 Å². The molecule has 1 aliphatic rings. The first-order valence-corrected chi connectivity index (χ1v) is 5.47. The number of halogens is 3. The molecular formula is C12H11F3N2O2. The first kappa shape index (κ1) is 13.4. The number of nitrogens with zero attached hydrogens (tertiary/aromatic N) is 1. The normalized spacial score (nSPS) is 18.7. The molecule has 1 heterocycles. The van der Waals surface area contributed by atoms with Gasteiger partial charge in [0, 0.05) is 5.69 Å². The van der Waals surface area contributed by atoms with Crippen molar-refractivity contribution in [1.82, 2.24) is 5.32 Å². The Bertz CT molecular complexity index is 552. The number of anilines is 1.